The van der Waals surface area contributed by atoms with Crippen LogP contribution in [0, 0.1) is 11.6 Å². The van der Waals surface area contributed by atoms with Crippen LogP contribution >= 0.6 is 0 Å². The average Bonchev–Trinajstić information content (AvgIpc) is 2.32. The number of hydrogen-bond donors (Lipinski definition) is 2. The predicted octanol–water partition coefficient (Wildman–Crippen LogP) is -0.283. The van der Waals surface area contributed by atoms with Crippen molar-refractivity contribution in [3.8, 4) is 0 Å². The molecule has 21 heavy (non-hydrogen) atoms. The maximum absolute atomic E-state index is 13.5. The van der Waals surface area contributed by atoms with E-state index in [9.17, 15) is 25.6 Å². The maximum atomic E-state index is 13.5. The highest BCUT2D eigenvalue weighted by atomic mass is 32.2. The summed E-state index contributed by atoms with van der Waals surface area (Å²) in [5.74, 6) is -3.51. The van der Waals surface area contributed by atoms with Gasteiger partial charge in [0, 0.05) is 26.3 Å². The van der Waals surface area contributed by atoms with E-state index in [2.05, 4.69) is 0 Å². The second kappa shape index (κ2) is 6.22. The third kappa shape index (κ3) is 4.33. The molecule has 0 unspecified atom stereocenters. The lowest BCUT2D eigenvalue weighted by Crippen LogP contribution is -2.34. The van der Waals surface area contributed by atoms with Crippen molar-refractivity contribution in [1.82, 2.24) is 9.03 Å². The molecule has 0 radical (unpaired) electrons. The molecular formula is C10H15F2N3O4S2. The summed E-state index contributed by atoms with van der Waals surface area (Å²) in [6, 6.07) is 1.39. The summed E-state index contributed by atoms with van der Waals surface area (Å²) in [5.41, 5.74) is 4.99. The zero-order chi connectivity index (χ0) is 16.4. The average molecular weight is 343 g/mol. The molecule has 0 saturated carbocycles. The van der Waals surface area contributed by atoms with Gasteiger partial charge in [-0.05, 0) is 12.1 Å². The van der Waals surface area contributed by atoms with Crippen LogP contribution < -0.4 is 10.5 Å². The van der Waals surface area contributed by atoms with Gasteiger partial charge in [0.25, 0.3) is 0 Å². The molecule has 1 aromatic rings. The Kier molecular flexibility index (Phi) is 5.25. The lowest BCUT2D eigenvalue weighted by atomic mass is 10.3. The SMILES string of the molecule is CN(C)S(=O)(=O)CCNS(=O)(=O)c1cc(N)cc(F)c1F. The molecule has 11 heteroatoms. The number of halogens is 2. The molecule has 0 amide bonds. The molecule has 0 heterocycles. The largest absolute Gasteiger partial charge is 0.399 e. The first-order chi connectivity index (χ1) is 9.47. The van der Waals surface area contributed by atoms with Crippen molar-refractivity contribution in [2.24, 2.45) is 0 Å². The van der Waals surface area contributed by atoms with E-state index in [-0.39, 0.29) is 5.69 Å². The number of hydrogen-bond acceptors (Lipinski definition) is 5. The highest BCUT2D eigenvalue weighted by molar-refractivity contribution is 7.90. The predicted molar refractivity (Wildman–Crippen MR) is 73.4 cm³/mol. The standard InChI is InChI=1S/C10H15F2N3O4S2/c1-15(2)20(16,17)4-3-14-21(18,19)9-6-7(13)5-8(11)10(9)12/h5-6,14H,3-4,13H2,1-2H3. The molecule has 0 aliphatic rings. The Morgan fingerprint density at radius 2 is 1.76 bits per heavy atom. The molecule has 0 spiro atoms. The van der Waals surface area contributed by atoms with Crippen LogP contribution in [0.1, 0.15) is 0 Å². The molecule has 3 N–H and O–H groups in total. The van der Waals surface area contributed by atoms with Gasteiger partial charge in [0.2, 0.25) is 20.0 Å². The number of benzene rings is 1. The lowest BCUT2D eigenvalue weighted by molar-refractivity contribution is 0.484. The van der Waals surface area contributed by atoms with Gasteiger partial charge >= 0.3 is 0 Å². The third-order valence-electron chi connectivity index (χ3n) is 2.52. The van der Waals surface area contributed by atoms with Crippen LogP contribution in [0.4, 0.5) is 14.5 Å². The van der Waals surface area contributed by atoms with Crippen molar-refractivity contribution in [3.05, 3.63) is 23.8 Å². The van der Waals surface area contributed by atoms with Gasteiger partial charge in [-0.25, -0.2) is 34.6 Å². The van der Waals surface area contributed by atoms with Crippen molar-refractivity contribution in [3.63, 3.8) is 0 Å². The van der Waals surface area contributed by atoms with Crippen LogP contribution in [0.5, 0.6) is 0 Å². The van der Waals surface area contributed by atoms with E-state index in [1.165, 1.54) is 14.1 Å². The van der Waals surface area contributed by atoms with Crippen molar-refractivity contribution in [1.29, 1.82) is 0 Å². The summed E-state index contributed by atoms with van der Waals surface area (Å²) in [6.07, 6.45) is 0. The second-order valence-corrected chi connectivity index (χ2v) is 8.35. The first-order valence-electron chi connectivity index (χ1n) is 5.62. The van der Waals surface area contributed by atoms with Crippen molar-refractivity contribution < 1.29 is 25.6 Å². The molecule has 1 rings (SSSR count). The van der Waals surface area contributed by atoms with E-state index in [1.807, 2.05) is 4.72 Å². The van der Waals surface area contributed by atoms with E-state index in [0.717, 1.165) is 10.4 Å². The summed E-state index contributed by atoms with van der Waals surface area (Å²) in [6.45, 7) is -0.487. The number of anilines is 1. The number of sulfonamides is 2. The highest BCUT2D eigenvalue weighted by Gasteiger charge is 2.23. The fourth-order valence-electron chi connectivity index (χ4n) is 1.34. The lowest BCUT2D eigenvalue weighted by Gasteiger charge is -2.12. The quantitative estimate of drug-likeness (QED) is 0.690. The molecule has 120 valence electrons. The molecule has 0 fully saturated rings. The number of rotatable bonds is 6. The minimum absolute atomic E-state index is 0.268. The van der Waals surface area contributed by atoms with E-state index in [4.69, 9.17) is 5.73 Å². The van der Waals surface area contributed by atoms with E-state index >= 15 is 0 Å². The molecule has 0 aromatic heterocycles. The molecule has 0 aliphatic heterocycles. The first-order valence-corrected chi connectivity index (χ1v) is 8.71. The number of nitrogen functional groups attached to an aromatic ring is 1. The summed E-state index contributed by atoms with van der Waals surface area (Å²) < 4.78 is 76.0. The van der Waals surface area contributed by atoms with Gasteiger partial charge in [0.1, 0.15) is 4.90 Å². The van der Waals surface area contributed by atoms with Crippen LogP contribution in [0.15, 0.2) is 17.0 Å². The Morgan fingerprint density at radius 3 is 2.29 bits per heavy atom. The van der Waals surface area contributed by atoms with Crippen molar-refractivity contribution >= 4 is 25.7 Å². The maximum Gasteiger partial charge on any atom is 0.243 e. The molecule has 1 aromatic carbocycles. The second-order valence-electron chi connectivity index (χ2n) is 4.31. The van der Waals surface area contributed by atoms with Crippen molar-refractivity contribution in [2.75, 3.05) is 32.1 Å². The van der Waals surface area contributed by atoms with E-state index in [0.29, 0.717) is 6.07 Å². The minimum atomic E-state index is -4.41. The van der Waals surface area contributed by atoms with Crippen LogP contribution in [-0.2, 0) is 20.0 Å². The Hall–Kier alpha value is -1.30. The molecular weight excluding hydrogens is 328 g/mol. The fraction of sp³-hybridized carbons (Fsp3) is 0.400. The first kappa shape index (κ1) is 17.8. The van der Waals surface area contributed by atoms with Gasteiger partial charge in [-0.3, -0.25) is 0 Å². The fourth-order valence-corrected chi connectivity index (χ4v) is 3.35. The Labute approximate surface area is 121 Å². The molecule has 0 saturated heterocycles. The van der Waals surface area contributed by atoms with E-state index in [1.54, 1.807) is 0 Å². The summed E-state index contributed by atoms with van der Waals surface area (Å²) >= 11 is 0. The Balaban J connectivity index is 2.94. The van der Waals surface area contributed by atoms with Gasteiger partial charge in [0.05, 0.1) is 5.75 Å². The van der Waals surface area contributed by atoms with Gasteiger partial charge in [-0.1, -0.05) is 0 Å². The zero-order valence-corrected chi connectivity index (χ0v) is 12.9. The minimum Gasteiger partial charge on any atom is -0.399 e. The number of nitrogens with two attached hydrogens (primary N) is 1. The van der Waals surface area contributed by atoms with Crippen molar-refractivity contribution in [2.45, 2.75) is 4.90 Å². The van der Waals surface area contributed by atoms with Gasteiger partial charge in [-0.15, -0.1) is 0 Å². The van der Waals surface area contributed by atoms with Gasteiger partial charge in [-0.2, -0.15) is 0 Å². The summed E-state index contributed by atoms with van der Waals surface area (Å²) in [5, 5.41) is 0. The number of nitrogens with one attached hydrogen (secondary N) is 1. The summed E-state index contributed by atoms with van der Waals surface area (Å²) in [7, 11) is -5.45. The highest BCUT2D eigenvalue weighted by Crippen LogP contribution is 2.20. The van der Waals surface area contributed by atoms with Gasteiger partial charge in [0.15, 0.2) is 11.6 Å². The molecule has 0 aliphatic carbocycles. The third-order valence-corrected chi connectivity index (χ3v) is 5.81. The Bertz CT molecular complexity index is 733. The van der Waals surface area contributed by atoms with Gasteiger partial charge < -0.3 is 5.73 Å². The van der Waals surface area contributed by atoms with Crippen LogP contribution in [0.25, 0.3) is 0 Å². The number of nitrogens with zero attached hydrogens (tertiary/aromatic N) is 1. The molecule has 0 atom stereocenters. The van der Waals surface area contributed by atoms with Crippen LogP contribution in [-0.4, -0.2) is 47.5 Å². The Morgan fingerprint density at radius 1 is 1.19 bits per heavy atom. The van der Waals surface area contributed by atoms with Crippen LogP contribution in [0.2, 0.25) is 0 Å². The topological polar surface area (TPSA) is 110 Å². The summed E-state index contributed by atoms with van der Waals surface area (Å²) in [4.78, 5) is -0.970. The van der Waals surface area contributed by atoms with E-state index < -0.39 is 48.9 Å². The smallest absolute Gasteiger partial charge is 0.243 e. The van der Waals surface area contributed by atoms with Crippen LogP contribution in [0.3, 0.4) is 0 Å². The normalized spacial score (nSPS) is 12.8. The molecule has 7 nitrogen and oxygen atoms in total. The zero-order valence-electron chi connectivity index (χ0n) is 11.3. The monoisotopic (exact) mass is 343 g/mol. The molecule has 0 bridgehead atoms.